The van der Waals surface area contributed by atoms with Gasteiger partial charge in [-0.2, -0.15) is 0 Å². The van der Waals surface area contributed by atoms with Crippen molar-refractivity contribution in [3.05, 3.63) is 23.5 Å². The molecular weight excluding hydrogens is 259 g/mol. The second-order valence-electron chi connectivity index (χ2n) is 4.01. The van der Waals surface area contributed by atoms with Crippen LogP contribution in [0.1, 0.15) is 17.3 Å². The summed E-state index contributed by atoms with van der Waals surface area (Å²) < 4.78 is 24.6. The molecule has 7 heteroatoms. The number of hydrogen-bond donors (Lipinski definition) is 3. The van der Waals surface area contributed by atoms with E-state index in [1.165, 1.54) is 0 Å². The van der Waals surface area contributed by atoms with Gasteiger partial charge < -0.3 is 16.2 Å². The van der Waals surface area contributed by atoms with Crippen LogP contribution in [0.3, 0.4) is 0 Å². The number of carboxylic acids is 1. The van der Waals surface area contributed by atoms with Crippen LogP contribution in [0, 0.1) is 5.82 Å². The zero-order chi connectivity index (χ0) is 13.9. The summed E-state index contributed by atoms with van der Waals surface area (Å²) in [5.41, 5.74) is 5.16. The van der Waals surface area contributed by atoms with Crippen molar-refractivity contribution in [2.75, 3.05) is 23.1 Å². The number of nitrogens with two attached hydrogens (primary N) is 1. The van der Waals surface area contributed by atoms with Gasteiger partial charge in [-0.05, 0) is 19.1 Å². The second kappa shape index (κ2) is 5.81. The average molecular weight is 274 g/mol. The van der Waals surface area contributed by atoms with Crippen molar-refractivity contribution in [2.24, 2.45) is 0 Å². The minimum Gasteiger partial charge on any atom is -0.478 e. The van der Waals surface area contributed by atoms with Crippen LogP contribution in [0.5, 0.6) is 0 Å². The Morgan fingerprint density at radius 3 is 2.72 bits per heavy atom. The van der Waals surface area contributed by atoms with Crippen molar-refractivity contribution < 1.29 is 18.5 Å². The summed E-state index contributed by atoms with van der Waals surface area (Å²) in [6.07, 6.45) is 1.54. The highest BCUT2D eigenvalue weighted by Crippen LogP contribution is 2.22. The van der Waals surface area contributed by atoms with Crippen LogP contribution in [0.15, 0.2) is 12.1 Å². The molecule has 0 saturated heterocycles. The molecule has 0 bridgehead atoms. The van der Waals surface area contributed by atoms with Crippen molar-refractivity contribution >= 4 is 28.1 Å². The molecular formula is C11H15FN2O3S. The van der Waals surface area contributed by atoms with Gasteiger partial charge in [0, 0.05) is 34.5 Å². The van der Waals surface area contributed by atoms with Gasteiger partial charge in [0.2, 0.25) is 0 Å². The molecule has 2 unspecified atom stereocenters. The Kier molecular flexibility index (Phi) is 4.66. The molecule has 0 spiro atoms. The summed E-state index contributed by atoms with van der Waals surface area (Å²) >= 11 is 0. The van der Waals surface area contributed by atoms with Gasteiger partial charge >= 0.3 is 5.97 Å². The Morgan fingerprint density at radius 1 is 1.61 bits per heavy atom. The van der Waals surface area contributed by atoms with Crippen LogP contribution >= 0.6 is 0 Å². The minimum absolute atomic E-state index is 0.0413. The number of hydrogen-bond acceptors (Lipinski definition) is 4. The lowest BCUT2D eigenvalue weighted by molar-refractivity contribution is 0.0698. The SMILES string of the molecule is CC(CS(C)=O)Nc1cc(C(=O)O)c(N)cc1F. The maximum atomic E-state index is 13.6. The molecule has 0 radical (unpaired) electrons. The Balaban J connectivity index is 2.98. The summed E-state index contributed by atoms with van der Waals surface area (Å²) in [7, 11) is -1.02. The monoisotopic (exact) mass is 274 g/mol. The molecule has 0 saturated carbocycles. The quantitative estimate of drug-likeness (QED) is 0.703. The third-order valence-corrected chi connectivity index (χ3v) is 3.23. The number of nitrogen functional groups attached to an aromatic ring is 1. The van der Waals surface area contributed by atoms with Gasteiger partial charge in [-0.25, -0.2) is 9.18 Å². The van der Waals surface area contributed by atoms with E-state index in [-0.39, 0.29) is 23.0 Å². The smallest absolute Gasteiger partial charge is 0.337 e. The summed E-state index contributed by atoms with van der Waals surface area (Å²) in [5.74, 6) is -1.51. The third kappa shape index (κ3) is 3.69. The number of aromatic carboxylic acids is 1. The summed E-state index contributed by atoms with van der Waals surface area (Å²) in [6, 6.07) is 1.86. The fourth-order valence-corrected chi connectivity index (χ4v) is 2.33. The van der Waals surface area contributed by atoms with E-state index in [1.54, 1.807) is 13.2 Å². The molecule has 2 atom stereocenters. The molecule has 100 valence electrons. The van der Waals surface area contributed by atoms with Crippen molar-refractivity contribution in [2.45, 2.75) is 13.0 Å². The maximum absolute atomic E-state index is 13.6. The maximum Gasteiger partial charge on any atom is 0.337 e. The largest absolute Gasteiger partial charge is 0.478 e. The van der Waals surface area contributed by atoms with E-state index in [2.05, 4.69) is 5.32 Å². The molecule has 0 fully saturated rings. The first kappa shape index (κ1) is 14.4. The molecule has 18 heavy (non-hydrogen) atoms. The number of anilines is 2. The number of nitrogens with one attached hydrogen (secondary N) is 1. The standard InChI is InChI=1S/C11H15FN2O3S/c1-6(5-18(2)17)14-10-3-7(11(15)16)9(13)4-8(10)12/h3-4,6,14H,5,13H2,1-2H3,(H,15,16). The lowest BCUT2D eigenvalue weighted by Gasteiger charge is -2.15. The summed E-state index contributed by atoms with van der Waals surface area (Å²) in [5, 5.41) is 11.7. The zero-order valence-corrected chi connectivity index (χ0v) is 10.9. The molecule has 0 amide bonds. The fraction of sp³-hybridized carbons (Fsp3) is 0.364. The van der Waals surface area contributed by atoms with Gasteiger partial charge in [0.25, 0.3) is 0 Å². The third-order valence-electron chi connectivity index (χ3n) is 2.26. The molecule has 0 heterocycles. The normalized spacial score (nSPS) is 13.9. The van der Waals surface area contributed by atoms with Gasteiger partial charge in [-0.3, -0.25) is 4.21 Å². The zero-order valence-electron chi connectivity index (χ0n) is 10.1. The molecule has 4 N–H and O–H groups in total. The molecule has 5 nitrogen and oxygen atoms in total. The first-order valence-corrected chi connectivity index (χ1v) is 6.93. The minimum atomic E-state index is -1.22. The highest BCUT2D eigenvalue weighted by molar-refractivity contribution is 7.84. The Labute approximate surface area is 107 Å². The number of carboxylic acid groups (broad SMARTS) is 1. The number of halogens is 1. The Hall–Kier alpha value is -1.63. The highest BCUT2D eigenvalue weighted by atomic mass is 32.2. The van der Waals surface area contributed by atoms with Crippen LogP contribution in [-0.2, 0) is 10.8 Å². The van der Waals surface area contributed by atoms with Crippen LogP contribution in [-0.4, -0.2) is 33.3 Å². The second-order valence-corrected chi connectivity index (χ2v) is 5.49. The summed E-state index contributed by atoms with van der Waals surface area (Å²) in [6.45, 7) is 1.73. The van der Waals surface area contributed by atoms with Gasteiger partial charge in [0.15, 0.2) is 0 Å². The predicted octanol–water partition coefficient (Wildman–Crippen LogP) is 1.28. The van der Waals surface area contributed by atoms with Crippen LogP contribution < -0.4 is 11.1 Å². The molecule has 0 aromatic heterocycles. The van der Waals surface area contributed by atoms with Crippen LogP contribution in [0.2, 0.25) is 0 Å². The van der Waals surface area contributed by atoms with E-state index in [1.807, 2.05) is 0 Å². The van der Waals surface area contributed by atoms with Crippen LogP contribution in [0.4, 0.5) is 15.8 Å². The van der Waals surface area contributed by atoms with Gasteiger partial charge in [-0.15, -0.1) is 0 Å². The average Bonchev–Trinajstić information content (AvgIpc) is 2.20. The van der Waals surface area contributed by atoms with E-state index in [4.69, 9.17) is 10.8 Å². The number of rotatable bonds is 5. The molecule has 1 aromatic carbocycles. The molecule has 1 rings (SSSR count). The summed E-state index contributed by atoms with van der Waals surface area (Å²) in [4.78, 5) is 10.9. The Morgan fingerprint density at radius 2 is 2.22 bits per heavy atom. The topological polar surface area (TPSA) is 92.4 Å². The fourth-order valence-electron chi connectivity index (χ4n) is 1.54. The van der Waals surface area contributed by atoms with E-state index in [0.717, 1.165) is 12.1 Å². The molecule has 0 aliphatic carbocycles. The van der Waals surface area contributed by atoms with Crippen molar-refractivity contribution in [3.63, 3.8) is 0 Å². The lowest BCUT2D eigenvalue weighted by Crippen LogP contribution is -2.23. The van der Waals surface area contributed by atoms with Crippen molar-refractivity contribution in [1.82, 2.24) is 0 Å². The molecule has 0 aliphatic heterocycles. The van der Waals surface area contributed by atoms with Crippen molar-refractivity contribution in [1.29, 1.82) is 0 Å². The predicted molar refractivity (Wildman–Crippen MR) is 69.8 cm³/mol. The molecule has 0 aliphatic rings. The number of benzene rings is 1. The lowest BCUT2D eigenvalue weighted by atomic mass is 10.1. The van der Waals surface area contributed by atoms with Crippen LogP contribution in [0.25, 0.3) is 0 Å². The highest BCUT2D eigenvalue weighted by Gasteiger charge is 2.15. The van der Waals surface area contributed by atoms with Gasteiger partial charge in [-0.1, -0.05) is 0 Å². The van der Waals surface area contributed by atoms with E-state index < -0.39 is 22.6 Å². The molecule has 1 aromatic rings. The first-order chi connectivity index (χ1) is 8.31. The first-order valence-electron chi connectivity index (χ1n) is 5.20. The van der Waals surface area contributed by atoms with Gasteiger partial charge in [0.1, 0.15) is 5.82 Å². The van der Waals surface area contributed by atoms with E-state index in [9.17, 15) is 13.4 Å². The van der Waals surface area contributed by atoms with Gasteiger partial charge in [0.05, 0.1) is 11.3 Å². The van der Waals surface area contributed by atoms with E-state index >= 15 is 0 Å². The van der Waals surface area contributed by atoms with E-state index in [0.29, 0.717) is 5.75 Å². The van der Waals surface area contributed by atoms with Crippen molar-refractivity contribution in [3.8, 4) is 0 Å². The number of carbonyl (C=O) groups is 1. The Bertz CT molecular complexity index is 493.